The molecule has 0 amide bonds. The van der Waals surface area contributed by atoms with E-state index in [0.717, 1.165) is 64.7 Å². The third-order valence-electron chi connectivity index (χ3n) is 17.2. The number of fused-ring (bicyclic) bond motifs is 5. The van der Waals surface area contributed by atoms with E-state index >= 15 is 0 Å². The number of hydrogen-bond donors (Lipinski definition) is 2. The monoisotopic (exact) mass is 859 g/mol. The third-order valence-corrected chi connectivity index (χ3v) is 17.2. The van der Waals surface area contributed by atoms with Crippen LogP contribution in [-0.2, 0) is 0 Å². The van der Waals surface area contributed by atoms with Crippen LogP contribution in [0.3, 0.4) is 0 Å². The van der Waals surface area contributed by atoms with E-state index in [2.05, 4.69) is 161 Å². The molecule has 8 unspecified atom stereocenters. The molecule has 0 saturated heterocycles. The molecule has 6 aliphatic carbocycles. The molecule has 0 spiro atoms. The first kappa shape index (κ1) is 40.9. The zero-order chi connectivity index (χ0) is 43.1. The molecule has 5 nitrogen and oxygen atoms in total. The third kappa shape index (κ3) is 8.23. The van der Waals surface area contributed by atoms with Crippen LogP contribution < -0.4 is 20.3 Å². The fourth-order valence-corrected chi connectivity index (χ4v) is 14.3. The summed E-state index contributed by atoms with van der Waals surface area (Å²) < 4.78 is 6.83. The molecule has 2 heterocycles. The predicted octanol–water partition coefficient (Wildman–Crippen LogP) is 15.5. The molecular weight excluding hydrogens is 793 g/mol. The van der Waals surface area contributed by atoms with Crippen LogP contribution in [0.4, 0.5) is 28.6 Å². The van der Waals surface area contributed by atoms with E-state index in [0.29, 0.717) is 23.8 Å². The summed E-state index contributed by atoms with van der Waals surface area (Å²) in [4.78, 5) is 7.63. The summed E-state index contributed by atoms with van der Waals surface area (Å²) in [6.07, 6.45) is 31.3. The zero-order valence-electron chi connectivity index (χ0n) is 38.0. The van der Waals surface area contributed by atoms with E-state index < -0.39 is 0 Å². The minimum Gasteiger partial charge on any atom is -0.462 e. The number of benzene rings is 4. The summed E-state index contributed by atoms with van der Waals surface area (Å²) in [6, 6.07) is 42.8. The highest BCUT2D eigenvalue weighted by Gasteiger charge is 2.44. The van der Waals surface area contributed by atoms with E-state index in [1.54, 1.807) is 0 Å². The second kappa shape index (κ2) is 18.0. The normalized spacial score (nSPS) is 29.4. The molecule has 1 aliphatic heterocycles. The maximum atomic E-state index is 6.83. The average molecular weight is 859 g/mol. The number of para-hydroxylation sites is 3. The topological polar surface area (TPSA) is 49.4 Å². The zero-order valence-corrected chi connectivity index (χ0v) is 38.0. The van der Waals surface area contributed by atoms with Gasteiger partial charge in [-0.2, -0.15) is 0 Å². The first-order valence-corrected chi connectivity index (χ1v) is 25.6. The Hall–Kier alpha value is -5.55. The second-order valence-electron chi connectivity index (χ2n) is 20.9. The molecule has 2 N–H and O–H groups in total. The number of pyridine rings is 1. The summed E-state index contributed by atoms with van der Waals surface area (Å²) in [7, 11) is 0. The Balaban J connectivity index is 0.765. The van der Waals surface area contributed by atoms with Gasteiger partial charge >= 0.3 is 0 Å². The molecule has 4 saturated carbocycles. The van der Waals surface area contributed by atoms with Crippen LogP contribution in [0.1, 0.15) is 125 Å². The summed E-state index contributed by atoms with van der Waals surface area (Å²) in [6.45, 7) is 0. The van der Waals surface area contributed by atoms with Crippen LogP contribution >= 0.6 is 0 Å². The number of hydrogen-bond acceptors (Lipinski definition) is 5. The van der Waals surface area contributed by atoms with Gasteiger partial charge in [-0.15, -0.1) is 0 Å². The van der Waals surface area contributed by atoms with Crippen molar-refractivity contribution in [2.24, 2.45) is 35.5 Å². The fraction of sp³-hybridized carbons (Fsp3) is 0.417. The van der Waals surface area contributed by atoms with Crippen LogP contribution in [0.2, 0.25) is 0 Å². The Labute approximate surface area is 387 Å². The van der Waals surface area contributed by atoms with Gasteiger partial charge in [0.1, 0.15) is 17.3 Å². The Morgan fingerprint density at radius 2 is 1.48 bits per heavy atom. The van der Waals surface area contributed by atoms with Crippen molar-refractivity contribution in [1.82, 2.24) is 4.98 Å². The largest absolute Gasteiger partial charge is 0.462 e. The van der Waals surface area contributed by atoms with E-state index in [4.69, 9.17) is 9.72 Å². The minimum absolute atomic E-state index is 0.118. The summed E-state index contributed by atoms with van der Waals surface area (Å²) in [5, 5.41) is 8.02. The van der Waals surface area contributed by atoms with Crippen molar-refractivity contribution in [2.75, 3.05) is 15.5 Å². The Bertz CT molecular complexity index is 2570. The Morgan fingerprint density at radius 3 is 2.37 bits per heavy atom. The van der Waals surface area contributed by atoms with Crippen molar-refractivity contribution < 1.29 is 4.74 Å². The molecule has 4 fully saturated rings. The number of aromatic nitrogens is 1. The maximum Gasteiger partial charge on any atom is 0.133 e. The van der Waals surface area contributed by atoms with Crippen LogP contribution in [-0.4, -0.2) is 17.1 Å². The van der Waals surface area contributed by atoms with Crippen molar-refractivity contribution in [1.29, 1.82) is 0 Å². The van der Waals surface area contributed by atoms with Gasteiger partial charge in [0, 0.05) is 41.9 Å². The molecule has 2 bridgehead atoms. The molecule has 65 heavy (non-hydrogen) atoms. The lowest BCUT2D eigenvalue weighted by Crippen LogP contribution is -2.41. The number of anilines is 5. The van der Waals surface area contributed by atoms with E-state index in [9.17, 15) is 0 Å². The highest BCUT2D eigenvalue weighted by Crippen LogP contribution is 2.56. The van der Waals surface area contributed by atoms with Gasteiger partial charge in [0.2, 0.25) is 0 Å². The lowest BCUT2D eigenvalue weighted by Gasteiger charge is -2.43. The van der Waals surface area contributed by atoms with E-state index in [-0.39, 0.29) is 6.04 Å². The van der Waals surface area contributed by atoms with Gasteiger partial charge in [0.05, 0.1) is 23.1 Å². The molecular formula is C60H66N4O. The van der Waals surface area contributed by atoms with Crippen molar-refractivity contribution in [3.63, 3.8) is 0 Å². The van der Waals surface area contributed by atoms with Gasteiger partial charge in [-0.1, -0.05) is 117 Å². The molecule has 4 aromatic carbocycles. The van der Waals surface area contributed by atoms with Crippen molar-refractivity contribution >= 4 is 34.1 Å². The molecule has 5 aromatic rings. The van der Waals surface area contributed by atoms with Gasteiger partial charge in [0.15, 0.2) is 0 Å². The first-order chi connectivity index (χ1) is 32.2. The van der Waals surface area contributed by atoms with Crippen molar-refractivity contribution in [3.8, 4) is 5.75 Å². The van der Waals surface area contributed by atoms with Gasteiger partial charge < -0.3 is 20.3 Å². The molecule has 332 valence electrons. The standard InChI is InChI=1S/C60H66N4O/c1-3-15-41(16-4-1)45-33-40-34-46(36-45)54(35-40)44-31-32-61-59(37-44)64-57-28-12-9-23-52(57)53-30-29-49(39-58(53)64)65-48-22-13-21-47(38-48)62-55-26-10-11-27-56(55)63-60-50(42-17-5-2-6-18-42)24-14-25-51(60)43-19-7-8-20-43/h2-3,5-6,9-13,15,17-18,21-23,26-32,37-38,40-41,43,45-46,50-51,54,58,60,62-63H,1,4,7-8,14,16,19-20,24-25,33-36,39H2/t40?,41?,45-,46?,50?,51?,54?,58?,60?/m0/s1. The summed E-state index contributed by atoms with van der Waals surface area (Å²) in [5.41, 5.74) is 10.2. The first-order valence-electron chi connectivity index (χ1n) is 25.6. The number of ether oxygens (including phenoxy) is 1. The fourth-order valence-electron chi connectivity index (χ4n) is 14.3. The predicted molar refractivity (Wildman–Crippen MR) is 268 cm³/mol. The van der Waals surface area contributed by atoms with Gasteiger partial charge in [0.25, 0.3) is 0 Å². The number of nitrogens with one attached hydrogen (secondary N) is 2. The van der Waals surface area contributed by atoms with Gasteiger partial charge in [-0.05, 0) is 164 Å². The molecule has 7 aliphatic rings. The van der Waals surface area contributed by atoms with E-state index in [1.165, 1.54) is 124 Å². The van der Waals surface area contributed by atoms with E-state index in [1.807, 2.05) is 0 Å². The molecule has 9 atom stereocenters. The van der Waals surface area contributed by atoms with Gasteiger partial charge in [-0.3, -0.25) is 0 Å². The van der Waals surface area contributed by atoms with Crippen molar-refractivity contribution in [3.05, 3.63) is 168 Å². The molecule has 5 heteroatoms. The number of allylic oxidation sites excluding steroid dienone is 4. The quantitative estimate of drug-likeness (QED) is 0.130. The SMILES string of the molecule is C1=CC([C@H]2CC3CC(C2)C(c2ccnc(N4c5ccccc5C5=CC=C(Oc6cccc(Nc7ccccc7NC7C(c8ccccc8)CCCC7C7CCCC7)c6)CC54)c2)C3)CCC1. The van der Waals surface area contributed by atoms with Crippen LogP contribution in [0.25, 0.3) is 5.57 Å². The smallest absolute Gasteiger partial charge is 0.133 e. The molecule has 0 radical (unpaired) electrons. The summed E-state index contributed by atoms with van der Waals surface area (Å²) >= 11 is 0. The molecule has 1 aromatic heterocycles. The highest BCUT2D eigenvalue weighted by atomic mass is 16.5. The van der Waals surface area contributed by atoms with Crippen LogP contribution in [0, 0.1) is 35.5 Å². The minimum atomic E-state index is 0.118. The van der Waals surface area contributed by atoms with Crippen LogP contribution in [0.5, 0.6) is 5.75 Å². The second-order valence-corrected chi connectivity index (χ2v) is 20.9. The number of nitrogens with zero attached hydrogens (tertiary/aromatic N) is 2. The van der Waals surface area contributed by atoms with Crippen molar-refractivity contribution in [2.45, 2.75) is 120 Å². The summed E-state index contributed by atoms with van der Waals surface area (Å²) in [5.74, 6) is 8.84. The number of rotatable bonds is 11. The maximum absolute atomic E-state index is 6.83. The van der Waals surface area contributed by atoms with Crippen LogP contribution in [0.15, 0.2) is 152 Å². The molecule has 12 rings (SSSR count). The Morgan fingerprint density at radius 1 is 0.631 bits per heavy atom. The average Bonchev–Trinajstić information content (AvgIpc) is 4.09. The Kier molecular flexibility index (Phi) is 11.3. The lowest BCUT2D eigenvalue weighted by atomic mass is 9.68. The highest BCUT2D eigenvalue weighted by molar-refractivity contribution is 5.93. The van der Waals surface area contributed by atoms with Gasteiger partial charge in [-0.25, -0.2) is 4.98 Å². The lowest BCUT2D eigenvalue weighted by molar-refractivity contribution is 0.199.